The molecule has 0 bridgehead atoms. The maximum absolute atomic E-state index is 2.27. The van der Waals surface area contributed by atoms with Gasteiger partial charge in [-0.1, -0.05) is 39.0 Å². The number of unbranched alkanes of at least 4 members (excludes halogenated alkanes) is 6. The summed E-state index contributed by atoms with van der Waals surface area (Å²) < 4.78 is 1.01. The smallest absolute Gasteiger partial charge is 0.100 e. The zero-order valence-electron chi connectivity index (χ0n) is 10.4. The van der Waals surface area contributed by atoms with Gasteiger partial charge in [0.05, 0.1) is 13.6 Å². The molecular weight excluding hydrogens is 182 g/mol. The summed E-state index contributed by atoms with van der Waals surface area (Å²) in [6, 6.07) is 0. The van der Waals surface area contributed by atoms with E-state index in [1.807, 2.05) is 0 Å². The van der Waals surface area contributed by atoms with E-state index in [1.54, 1.807) is 0 Å². The van der Waals surface area contributed by atoms with Gasteiger partial charge in [0.1, 0.15) is 12.4 Å². The van der Waals surface area contributed by atoms with Gasteiger partial charge in [0.15, 0.2) is 0 Å². The van der Waals surface area contributed by atoms with Crippen LogP contribution in [0.25, 0.3) is 0 Å². The van der Waals surface area contributed by atoms with Crippen molar-refractivity contribution in [3.8, 4) is 0 Å². The second-order valence-electron chi connectivity index (χ2n) is 4.87. The molecule has 0 unspecified atom stereocenters. The molecule has 0 spiro atoms. The monoisotopic (exact) mass is 208 g/mol. The first-order valence-corrected chi connectivity index (χ1v) is 6.49. The summed E-state index contributed by atoms with van der Waals surface area (Å²) >= 11 is 0. The van der Waals surface area contributed by atoms with Gasteiger partial charge in [-0.05, 0) is 25.0 Å². The Morgan fingerprint density at radius 2 is 1.33 bits per heavy atom. The first-order chi connectivity index (χ1) is 7.27. The highest BCUT2D eigenvalue weighted by atomic mass is 15.3. The van der Waals surface area contributed by atoms with Crippen LogP contribution in [0.3, 0.4) is 0 Å². The van der Waals surface area contributed by atoms with Gasteiger partial charge in [-0.2, -0.15) is 0 Å². The summed E-state index contributed by atoms with van der Waals surface area (Å²) in [5.74, 6) is 0. The average Bonchev–Trinajstić information content (AvgIpc) is 2.64. The number of rotatable bonds is 8. The standard InChI is InChI=1S/C14H26N/c1-3-4-5-6-7-8-9-12-15(2)13-10-11-14-15/h10-11,13-14H,3-9,12H2,1-2H3/q+1. The predicted octanol–water partition coefficient (Wildman–Crippen LogP) is 4.22. The van der Waals surface area contributed by atoms with Crippen LogP contribution in [0.1, 0.15) is 51.9 Å². The van der Waals surface area contributed by atoms with E-state index in [4.69, 9.17) is 0 Å². The van der Waals surface area contributed by atoms with E-state index < -0.39 is 0 Å². The molecule has 1 rings (SSSR count). The summed E-state index contributed by atoms with van der Waals surface area (Å²) in [6.45, 7) is 3.54. The fraction of sp³-hybridized carbons (Fsp3) is 0.714. The fourth-order valence-corrected chi connectivity index (χ4v) is 2.10. The molecule has 0 atom stereocenters. The number of quaternary nitrogens is 1. The Morgan fingerprint density at radius 3 is 1.93 bits per heavy atom. The second-order valence-corrected chi connectivity index (χ2v) is 4.87. The van der Waals surface area contributed by atoms with E-state index in [9.17, 15) is 0 Å². The molecular formula is C14H26N+. The molecule has 0 aliphatic carbocycles. The van der Waals surface area contributed by atoms with Crippen molar-refractivity contribution in [3.63, 3.8) is 0 Å². The van der Waals surface area contributed by atoms with E-state index >= 15 is 0 Å². The van der Waals surface area contributed by atoms with E-state index in [0.29, 0.717) is 0 Å². The molecule has 0 saturated heterocycles. The Labute approximate surface area is 95.1 Å². The van der Waals surface area contributed by atoms with Gasteiger partial charge < -0.3 is 0 Å². The van der Waals surface area contributed by atoms with Crippen LogP contribution in [0, 0.1) is 0 Å². The van der Waals surface area contributed by atoms with Crippen molar-refractivity contribution < 1.29 is 4.48 Å². The van der Waals surface area contributed by atoms with Crippen molar-refractivity contribution in [2.45, 2.75) is 51.9 Å². The highest BCUT2D eigenvalue weighted by Gasteiger charge is 2.16. The fourth-order valence-electron chi connectivity index (χ4n) is 2.10. The minimum absolute atomic E-state index is 1.01. The van der Waals surface area contributed by atoms with Crippen molar-refractivity contribution in [2.24, 2.45) is 0 Å². The molecule has 0 fully saturated rings. The molecule has 0 aromatic carbocycles. The predicted molar refractivity (Wildman–Crippen MR) is 67.3 cm³/mol. The van der Waals surface area contributed by atoms with Crippen LogP contribution in [-0.2, 0) is 0 Å². The van der Waals surface area contributed by atoms with Crippen LogP contribution in [0.2, 0.25) is 0 Å². The Balaban J connectivity index is 1.93. The minimum Gasteiger partial charge on any atom is -0.273 e. The van der Waals surface area contributed by atoms with Crippen LogP contribution < -0.4 is 0 Å². The number of allylic oxidation sites excluding steroid dienone is 2. The first-order valence-electron chi connectivity index (χ1n) is 6.49. The molecule has 0 amide bonds. The van der Waals surface area contributed by atoms with Crippen molar-refractivity contribution in [2.75, 3.05) is 13.6 Å². The Bertz CT molecular complexity index is 203. The van der Waals surface area contributed by atoms with Gasteiger partial charge in [-0.3, -0.25) is 4.48 Å². The molecule has 0 saturated carbocycles. The second kappa shape index (κ2) is 6.84. The third-order valence-corrected chi connectivity index (χ3v) is 3.21. The normalized spacial score (nSPS) is 17.5. The Kier molecular flexibility index (Phi) is 5.70. The highest BCUT2D eigenvalue weighted by molar-refractivity contribution is 5.03. The lowest BCUT2D eigenvalue weighted by Gasteiger charge is -2.22. The first kappa shape index (κ1) is 12.5. The van der Waals surface area contributed by atoms with Gasteiger partial charge in [-0.25, -0.2) is 0 Å². The minimum atomic E-state index is 1.01. The molecule has 1 heterocycles. The van der Waals surface area contributed by atoms with E-state index in [-0.39, 0.29) is 0 Å². The maximum atomic E-state index is 2.27. The topological polar surface area (TPSA) is 0 Å². The number of nitrogens with zero attached hydrogens (tertiary/aromatic N) is 1. The molecule has 0 aromatic rings. The van der Waals surface area contributed by atoms with Crippen LogP contribution >= 0.6 is 0 Å². The van der Waals surface area contributed by atoms with E-state index in [1.165, 1.54) is 51.5 Å². The highest BCUT2D eigenvalue weighted by Crippen LogP contribution is 2.15. The lowest BCUT2D eigenvalue weighted by molar-refractivity contribution is -0.804. The third kappa shape index (κ3) is 5.17. The lowest BCUT2D eigenvalue weighted by atomic mass is 10.1. The molecule has 1 nitrogen and oxygen atoms in total. The zero-order valence-corrected chi connectivity index (χ0v) is 10.4. The van der Waals surface area contributed by atoms with E-state index in [0.717, 1.165) is 4.48 Å². The summed E-state index contributed by atoms with van der Waals surface area (Å²) in [6.07, 6.45) is 18.7. The van der Waals surface area contributed by atoms with Gasteiger partial charge in [0.25, 0.3) is 0 Å². The van der Waals surface area contributed by atoms with Crippen molar-refractivity contribution in [1.29, 1.82) is 0 Å². The summed E-state index contributed by atoms with van der Waals surface area (Å²) in [4.78, 5) is 0. The van der Waals surface area contributed by atoms with Crippen LogP contribution in [0.15, 0.2) is 24.6 Å². The summed E-state index contributed by atoms with van der Waals surface area (Å²) in [7, 11) is 2.27. The quantitative estimate of drug-likeness (QED) is 0.414. The maximum Gasteiger partial charge on any atom is 0.100 e. The lowest BCUT2D eigenvalue weighted by Crippen LogP contribution is -2.31. The number of hydrogen-bond donors (Lipinski definition) is 0. The molecule has 1 aliphatic heterocycles. The third-order valence-electron chi connectivity index (χ3n) is 3.21. The summed E-state index contributed by atoms with van der Waals surface area (Å²) in [5, 5.41) is 0. The molecule has 86 valence electrons. The van der Waals surface area contributed by atoms with Gasteiger partial charge >= 0.3 is 0 Å². The molecule has 0 N–H and O–H groups in total. The summed E-state index contributed by atoms with van der Waals surface area (Å²) in [5.41, 5.74) is 0. The van der Waals surface area contributed by atoms with Gasteiger partial charge in [-0.15, -0.1) is 0 Å². The van der Waals surface area contributed by atoms with E-state index in [2.05, 4.69) is 38.5 Å². The largest absolute Gasteiger partial charge is 0.273 e. The Morgan fingerprint density at radius 1 is 0.800 bits per heavy atom. The number of hydrogen-bond acceptors (Lipinski definition) is 0. The van der Waals surface area contributed by atoms with Gasteiger partial charge in [0.2, 0.25) is 0 Å². The molecule has 0 aromatic heterocycles. The Hall–Kier alpha value is -0.560. The molecule has 1 heteroatoms. The molecule has 0 radical (unpaired) electrons. The van der Waals surface area contributed by atoms with Crippen LogP contribution in [-0.4, -0.2) is 18.1 Å². The SMILES string of the molecule is CCCCCCCCC[N+]1(C)C=CC=C1. The molecule has 1 aliphatic rings. The zero-order chi connectivity index (χ0) is 11.0. The van der Waals surface area contributed by atoms with Crippen LogP contribution in [0.5, 0.6) is 0 Å². The van der Waals surface area contributed by atoms with Crippen molar-refractivity contribution in [3.05, 3.63) is 24.6 Å². The van der Waals surface area contributed by atoms with Gasteiger partial charge in [0, 0.05) is 0 Å². The molecule has 15 heavy (non-hydrogen) atoms. The average molecular weight is 208 g/mol. The van der Waals surface area contributed by atoms with Crippen molar-refractivity contribution in [1.82, 2.24) is 0 Å². The van der Waals surface area contributed by atoms with Crippen molar-refractivity contribution >= 4 is 0 Å². The van der Waals surface area contributed by atoms with Crippen LogP contribution in [0.4, 0.5) is 0 Å².